The first-order valence-electron chi connectivity index (χ1n) is 23.8. The minimum atomic E-state index is -1.21. The molecular weight excluding hydrogens is 953 g/mol. The molecule has 2 saturated heterocycles. The summed E-state index contributed by atoms with van der Waals surface area (Å²) in [5.74, 6) is 2.87. The van der Waals surface area contributed by atoms with Crippen LogP contribution >= 0.6 is 15.9 Å². The first kappa shape index (κ1) is 50.7. The summed E-state index contributed by atoms with van der Waals surface area (Å²) in [6.07, 6.45) is 2.67. The molecule has 0 bridgehead atoms. The fourth-order valence-corrected chi connectivity index (χ4v) is 10.9. The lowest BCUT2D eigenvalue weighted by Crippen LogP contribution is -2.65. The highest BCUT2D eigenvalue weighted by atomic mass is 79.9. The number of amides is 3. The lowest BCUT2D eigenvalue weighted by molar-refractivity contribution is -0.139. The standard InChI is InChI=1S/C30H47N5O5Si.C18H26BrN3O3Si/c1-21-17-25-24(35-22(2)27(36)34(31-26(35)19-39-25)20-38-15-16-41(6,7)8)18-23(21)33-14-11-30(33)9-12-32(13-10-30)28(37)40-29(3,4)5;1-12-8-16-15(9-14(12)19)22-13(2)18(23)21(20-17(22)10-25-16)11-24-6-7-26(3,4)5/h17-18,22H,9-16,19-20H2,1-8H3;8-9,13H,6-7,10-11H2,1-5H3. The van der Waals surface area contributed by atoms with Crippen molar-refractivity contribution in [2.45, 2.75) is 142 Å². The fraction of sp³-hybridized carbons (Fsp3) is 0.646. The number of piperidine rings is 1. The molecule has 19 heteroatoms. The van der Waals surface area contributed by atoms with Crippen LogP contribution in [-0.4, -0.2) is 143 Å². The number of carbonyl (C=O) groups excluding carboxylic acids is 3. The van der Waals surface area contributed by atoms with Crippen molar-refractivity contribution in [1.82, 2.24) is 14.9 Å². The number of likely N-dealkylation sites (tertiary alicyclic amines) is 1. The van der Waals surface area contributed by atoms with Gasteiger partial charge in [0, 0.05) is 64.7 Å². The maximum atomic E-state index is 13.4. The molecular formula is C48H73BrN8O8Si2. The molecule has 6 aliphatic heterocycles. The summed E-state index contributed by atoms with van der Waals surface area (Å²) in [6, 6.07) is 9.59. The average Bonchev–Trinajstić information content (AvgIpc) is 3.23. The Morgan fingerprint density at radius 1 is 0.731 bits per heavy atom. The third kappa shape index (κ3) is 11.5. The van der Waals surface area contributed by atoms with Gasteiger partial charge < -0.3 is 43.3 Å². The number of amidine groups is 2. The Morgan fingerprint density at radius 2 is 1.19 bits per heavy atom. The van der Waals surface area contributed by atoms with E-state index in [0.29, 0.717) is 39.5 Å². The molecule has 2 atom stereocenters. The summed E-state index contributed by atoms with van der Waals surface area (Å²) < 4.78 is 30.2. The van der Waals surface area contributed by atoms with E-state index in [-0.39, 0.29) is 42.9 Å². The zero-order valence-electron chi connectivity index (χ0n) is 42.1. The van der Waals surface area contributed by atoms with Crippen molar-refractivity contribution >= 4 is 78.7 Å². The smallest absolute Gasteiger partial charge is 0.410 e. The topological polar surface area (TPSA) is 142 Å². The maximum absolute atomic E-state index is 13.4. The normalized spacial score (nSPS) is 21.2. The van der Waals surface area contributed by atoms with Crippen molar-refractivity contribution in [1.29, 1.82) is 0 Å². The van der Waals surface area contributed by atoms with Gasteiger partial charge in [0.1, 0.15) is 55.9 Å². The van der Waals surface area contributed by atoms with Crippen molar-refractivity contribution in [2.24, 2.45) is 10.2 Å². The Morgan fingerprint density at radius 3 is 1.64 bits per heavy atom. The fourth-order valence-electron chi connectivity index (χ4n) is 9.06. The average molecular weight is 1030 g/mol. The number of hydrogen-bond donors (Lipinski definition) is 0. The number of hydrazone groups is 2. The van der Waals surface area contributed by atoms with Crippen LogP contribution in [0.4, 0.5) is 21.9 Å². The second-order valence-electron chi connectivity index (χ2n) is 22.1. The number of ether oxygens (including phenoxy) is 5. The molecule has 8 rings (SSSR count). The molecule has 2 unspecified atom stereocenters. The number of carbonyl (C=O) groups is 3. The molecule has 0 saturated carbocycles. The molecule has 16 nitrogen and oxygen atoms in total. The van der Waals surface area contributed by atoms with Gasteiger partial charge in [-0.25, -0.2) is 14.8 Å². The quantitative estimate of drug-likeness (QED) is 0.158. The lowest BCUT2D eigenvalue weighted by atomic mass is 9.75. The van der Waals surface area contributed by atoms with Gasteiger partial charge in [-0.3, -0.25) is 9.59 Å². The van der Waals surface area contributed by atoms with E-state index in [1.165, 1.54) is 10.0 Å². The van der Waals surface area contributed by atoms with Crippen LogP contribution in [0, 0.1) is 13.8 Å². The van der Waals surface area contributed by atoms with Crippen LogP contribution in [0.25, 0.3) is 0 Å². The molecule has 6 aliphatic rings. The highest BCUT2D eigenvalue weighted by Crippen LogP contribution is 2.48. The Balaban J connectivity index is 0.000000220. The minimum absolute atomic E-state index is 0.0251. The van der Waals surface area contributed by atoms with Gasteiger partial charge in [0.2, 0.25) is 0 Å². The lowest BCUT2D eigenvalue weighted by Gasteiger charge is -2.58. The first-order valence-corrected chi connectivity index (χ1v) is 32.0. The summed E-state index contributed by atoms with van der Waals surface area (Å²) in [7, 11) is -2.36. The third-order valence-electron chi connectivity index (χ3n) is 13.2. The van der Waals surface area contributed by atoms with Crippen molar-refractivity contribution in [3.63, 3.8) is 0 Å². The molecule has 2 fully saturated rings. The first-order chi connectivity index (χ1) is 31.3. The Labute approximate surface area is 408 Å². The van der Waals surface area contributed by atoms with Crippen molar-refractivity contribution in [3.8, 4) is 11.5 Å². The number of fused-ring (bicyclic) bond motifs is 6. The van der Waals surface area contributed by atoms with Crippen LogP contribution in [-0.2, 0) is 23.8 Å². The molecule has 3 amide bonds. The van der Waals surface area contributed by atoms with Crippen molar-refractivity contribution in [3.05, 3.63) is 39.9 Å². The molecule has 0 radical (unpaired) electrons. The van der Waals surface area contributed by atoms with E-state index in [9.17, 15) is 14.4 Å². The number of aryl methyl sites for hydroxylation is 2. The van der Waals surface area contributed by atoms with E-state index in [1.54, 1.807) is 0 Å². The van der Waals surface area contributed by atoms with Crippen LogP contribution in [0.5, 0.6) is 11.5 Å². The molecule has 0 aliphatic carbocycles. The molecule has 2 aromatic carbocycles. The van der Waals surface area contributed by atoms with Gasteiger partial charge in [0.05, 0.1) is 11.4 Å². The highest BCUT2D eigenvalue weighted by molar-refractivity contribution is 9.10. The number of nitrogens with zero attached hydrogens (tertiary/aromatic N) is 8. The third-order valence-corrected chi connectivity index (χ3v) is 17.5. The molecule has 67 heavy (non-hydrogen) atoms. The molecule has 0 aromatic heterocycles. The largest absolute Gasteiger partial charge is 0.483 e. The van der Waals surface area contributed by atoms with Gasteiger partial charge in [-0.05, 0) is 115 Å². The van der Waals surface area contributed by atoms with E-state index in [1.807, 2.05) is 68.4 Å². The van der Waals surface area contributed by atoms with Crippen molar-refractivity contribution in [2.75, 3.05) is 74.2 Å². The van der Waals surface area contributed by atoms with Gasteiger partial charge in [-0.2, -0.15) is 10.2 Å². The Bertz CT molecular complexity index is 2270. The summed E-state index contributed by atoms with van der Waals surface area (Å²) >= 11 is 3.56. The Kier molecular flexibility index (Phi) is 14.9. The van der Waals surface area contributed by atoms with Crippen LogP contribution in [0.15, 0.2) is 38.9 Å². The predicted octanol–water partition coefficient (Wildman–Crippen LogP) is 8.84. The molecule has 6 heterocycles. The van der Waals surface area contributed by atoms with Crippen LogP contribution in [0.3, 0.4) is 0 Å². The zero-order valence-corrected chi connectivity index (χ0v) is 45.7. The maximum Gasteiger partial charge on any atom is 0.410 e. The number of halogens is 1. The van der Waals surface area contributed by atoms with Crippen LogP contribution < -0.4 is 24.2 Å². The molecule has 2 aromatic rings. The molecule has 1 spiro atoms. The summed E-state index contributed by atoms with van der Waals surface area (Å²) in [5.41, 5.74) is 4.67. The van der Waals surface area contributed by atoms with Gasteiger partial charge >= 0.3 is 6.09 Å². The summed E-state index contributed by atoms with van der Waals surface area (Å²) in [6.45, 7) is 32.1. The number of rotatable bonds is 11. The minimum Gasteiger partial charge on any atom is -0.483 e. The van der Waals surface area contributed by atoms with E-state index < -0.39 is 27.8 Å². The van der Waals surface area contributed by atoms with E-state index >= 15 is 0 Å². The second kappa shape index (κ2) is 19.7. The van der Waals surface area contributed by atoms with Gasteiger partial charge in [0.25, 0.3) is 11.8 Å². The van der Waals surface area contributed by atoms with E-state index in [0.717, 1.165) is 93.7 Å². The monoisotopic (exact) mass is 1020 g/mol. The number of hydrogen-bond acceptors (Lipinski definition) is 13. The highest BCUT2D eigenvalue weighted by Gasteiger charge is 2.49. The van der Waals surface area contributed by atoms with E-state index in [2.05, 4.69) is 89.4 Å². The number of benzene rings is 2. The van der Waals surface area contributed by atoms with E-state index in [4.69, 9.17) is 23.7 Å². The zero-order chi connectivity index (χ0) is 48.8. The van der Waals surface area contributed by atoms with Gasteiger partial charge in [-0.15, -0.1) is 0 Å². The summed E-state index contributed by atoms with van der Waals surface area (Å²) in [4.78, 5) is 47.1. The molecule has 368 valence electrons. The van der Waals surface area contributed by atoms with Crippen LogP contribution in [0.1, 0.15) is 65.0 Å². The second-order valence-corrected chi connectivity index (χ2v) is 34.2. The van der Waals surface area contributed by atoms with Gasteiger partial charge in [-0.1, -0.05) is 55.2 Å². The van der Waals surface area contributed by atoms with Gasteiger partial charge in [0.15, 0.2) is 11.7 Å². The summed E-state index contributed by atoms with van der Waals surface area (Å²) in [5, 5.41) is 12.0. The SMILES string of the molecule is Cc1cc2c(cc1Br)N1C(=NN(COCC[Si](C)(C)C)C(=O)C1C)CO2.Cc1cc2c(cc1N1CCC13CCN(C(=O)OC(C)(C)C)CC3)N1C(=NN(COCC[Si](C)(C)C)C(=O)C1C)CO2. The Hall–Kier alpha value is -4.18. The molecule has 0 N–H and O–H groups in total. The predicted molar refractivity (Wildman–Crippen MR) is 273 cm³/mol. The van der Waals surface area contributed by atoms with Crippen molar-refractivity contribution < 1.29 is 38.1 Å². The van der Waals surface area contributed by atoms with Crippen LogP contribution in [0.2, 0.25) is 51.4 Å². The number of anilines is 3.